The summed E-state index contributed by atoms with van der Waals surface area (Å²) < 4.78 is 39.3. The molecule has 0 aliphatic rings. The van der Waals surface area contributed by atoms with E-state index in [1.54, 1.807) is 47.4 Å². The zero-order valence-corrected chi connectivity index (χ0v) is 14.1. The van der Waals surface area contributed by atoms with Crippen LogP contribution in [0.15, 0.2) is 73.8 Å². The average Bonchev–Trinajstić information content (AvgIpc) is 2.61. The highest BCUT2D eigenvalue weighted by Crippen LogP contribution is 2.35. The highest BCUT2D eigenvalue weighted by Gasteiger charge is 2.31. The van der Waals surface area contributed by atoms with E-state index in [0.717, 1.165) is 12.1 Å². The summed E-state index contributed by atoms with van der Waals surface area (Å²) >= 11 is 0. The lowest BCUT2D eigenvalue weighted by Gasteiger charge is -2.25. The van der Waals surface area contributed by atoms with Crippen molar-refractivity contribution in [3.05, 3.63) is 85.0 Å². The SMILES string of the molecule is C=CCN(CC=C)c1ccc(C(F)(F)F)cc1NC(=O)c1ccccc1. The summed E-state index contributed by atoms with van der Waals surface area (Å²) in [5, 5.41) is 2.59. The van der Waals surface area contributed by atoms with Crippen LogP contribution in [0.5, 0.6) is 0 Å². The van der Waals surface area contributed by atoms with Crippen LogP contribution in [0, 0.1) is 0 Å². The van der Waals surface area contributed by atoms with E-state index in [0.29, 0.717) is 24.3 Å². The molecular formula is C20H19F3N2O. The van der Waals surface area contributed by atoms with Gasteiger partial charge in [0.1, 0.15) is 0 Å². The third-order valence-corrected chi connectivity index (χ3v) is 3.65. The van der Waals surface area contributed by atoms with Crippen LogP contribution < -0.4 is 10.2 Å². The van der Waals surface area contributed by atoms with Crippen LogP contribution in [0.25, 0.3) is 0 Å². The summed E-state index contributed by atoms with van der Waals surface area (Å²) in [6, 6.07) is 11.6. The van der Waals surface area contributed by atoms with Gasteiger partial charge in [-0.15, -0.1) is 13.2 Å². The molecule has 6 heteroatoms. The molecular weight excluding hydrogens is 341 g/mol. The molecule has 2 aromatic rings. The van der Waals surface area contributed by atoms with Crippen molar-refractivity contribution in [1.29, 1.82) is 0 Å². The number of hydrogen-bond donors (Lipinski definition) is 1. The van der Waals surface area contributed by atoms with Gasteiger partial charge in [0.05, 0.1) is 16.9 Å². The number of benzene rings is 2. The lowest BCUT2D eigenvalue weighted by atomic mass is 10.1. The fourth-order valence-corrected chi connectivity index (χ4v) is 2.46. The maximum Gasteiger partial charge on any atom is 0.416 e. The molecule has 1 amide bonds. The normalized spacial score (nSPS) is 10.9. The van der Waals surface area contributed by atoms with Gasteiger partial charge in [-0.05, 0) is 30.3 Å². The van der Waals surface area contributed by atoms with Crippen molar-refractivity contribution in [2.75, 3.05) is 23.3 Å². The minimum Gasteiger partial charge on any atom is -0.362 e. The fraction of sp³-hybridized carbons (Fsp3) is 0.150. The Balaban J connectivity index is 2.45. The quantitative estimate of drug-likeness (QED) is 0.694. The highest BCUT2D eigenvalue weighted by molar-refractivity contribution is 6.06. The minimum atomic E-state index is -4.51. The van der Waals surface area contributed by atoms with Crippen LogP contribution in [0.2, 0.25) is 0 Å². The standard InChI is InChI=1S/C20H19F3N2O/c1-3-12-25(13-4-2)18-11-10-16(20(21,22)23)14-17(18)24-19(26)15-8-6-5-7-9-15/h3-11,14H,1-2,12-13H2,(H,24,26). The molecule has 0 bridgehead atoms. The summed E-state index contributed by atoms with van der Waals surface area (Å²) in [6.07, 6.45) is -1.25. The summed E-state index contributed by atoms with van der Waals surface area (Å²) in [5.74, 6) is -0.483. The van der Waals surface area contributed by atoms with E-state index < -0.39 is 17.6 Å². The zero-order chi connectivity index (χ0) is 19.2. The van der Waals surface area contributed by atoms with Gasteiger partial charge in [0, 0.05) is 18.7 Å². The fourth-order valence-electron chi connectivity index (χ4n) is 2.46. The van der Waals surface area contributed by atoms with E-state index in [1.165, 1.54) is 6.07 Å². The molecule has 0 fully saturated rings. The second-order valence-corrected chi connectivity index (χ2v) is 5.53. The number of halogens is 3. The molecule has 0 saturated heterocycles. The molecule has 0 spiro atoms. The smallest absolute Gasteiger partial charge is 0.362 e. The summed E-state index contributed by atoms with van der Waals surface area (Å²) in [5.41, 5.74) is 0.0658. The van der Waals surface area contributed by atoms with Crippen LogP contribution in [0.4, 0.5) is 24.5 Å². The Morgan fingerprint density at radius 2 is 1.65 bits per heavy atom. The Morgan fingerprint density at radius 1 is 1.04 bits per heavy atom. The Kier molecular flexibility index (Phi) is 6.22. The van der Waals surface area contributed by atoms with E-state index in [1.807, 2.05) is 0 Å². The van der Waals surface area contributed by atoms with E-state index in [9.17, 15) is 18.0 Å². The number of alkyl halides is 3. The number of amides is 1. The monoisotopic (exact) mass is 360 g/mol. The van der Waals surface area contributed by atoms with E-state index in [4.69, 9.17) is 0 Å². The molecule has 0 unspecified atom stereocenters. The first-order chi connectivity index (χ1) is 12.4. The van der Waals surface area contributed by atoms with Crippen molar-refractivity contribution >= 4 is 17.3 Å². The molecule has 26 heavy (non-hydrogen) atoms. The molecule has 0 aromatic heterocycles. The highest BCUT2D eigenvalue weighted by atomic mass is 19.4. The third-order valence-electron chi connectivity index (χ3n) is 3.65. The van der Waals surface area contributed by atoms with Gasteiger partial charge in [0.25, 0.3) is 5.91 Å². The second-order valence-electron chi connectivity index (χ2n) is 5.53. The first-order valence-corrected chi connectivity index (χ1v) is 7.91. The van der Waals surface area contributed by atoms with Crippen molar-refractivity contribution in [2.45, 2.75) is 6.18 Å². The van der Waals surface area contributed by atoms with Crippen LogP contribution in [0.3, 0.4) is 0 Å². The van der Waals surface area contributed by atoms with Crippen molar-refractivity contribution in [3.8, 4) is 0 Å². The van der Waals surface area contributed by atoms with Gasteiger partial charge in [-0.25, -0.2) is 0 Å². The number of hydrogen-bond acceptors (Lipinski definition) is 2. The summed E-state index contributed by atoms with van der Waals surface area (Å²) in [6.45, 7) is 8.11. The molecule has 0 aliphatic heterocycles. The maximum atomic E-state index is 13.1. The molecule has 0 radical (unpaired) electrons. The number of carbonyl (C=O) groups excluding carboxylic acids is 1. The van der Waals surface area contributed by atoms with Crippen LogP contribution in [-0.4, -0.2) is 19.0 Å². The Labute approximate surface area is 150 Å². The van der Waals surface area contributed by atoms with Gasteiger partial charge in [0.2, 0.25) is 0 Å². The molecule has 3 nitrogen and oxygen atoms in total. The predicted molar refractivity (Wildman–Crippen MR) is 98.4 cm³/mol. The van der Waals surface area contributed by atoms with Gasteiger partial charge in [-0.2, -0.15) is 13.2 Å². The Hall–Kier alpha value is -3.02. The minimum absolute atomic E-state index is 0.0809. The molecule has 0 saturated carbocycles. The molecule has 0 atom stereocenters. The van der Waals surface area contributed by atoms with E-state index in [2.05, 4.69) is 18.5 Å². The number of nitrogens with zero attached hydrogens (tertiary/aromatic N) is 1. The zero-order valence-electron chi connectivity index (χ0n) is 14.1. The molecule has 2 rings (SSSR count). The lowest BCUT2D eigenvalue weighted by molar-refractivity contribution is -0.137. The van der Waals surface area contributed by atoms with Crippen LogP contribution >= 0.6 is 0 Å². The number of carbonyl (C=O) groups is 1. The number of anilines is 2. The van der Waals surface area contributed by atoms with Crippen molar-refractivity contribution in [3.63, 3.8) is 0 Å². The molecule has 0 heterocycles. The molecule has 136 valence electrons. The average molecular weight is 360 g/mol. The van der Waals surface area contributed by atoms with Gasteiger partial charge in [-0.1, -0.05) is 30.4 Å². The topological polar surface area (TPSA) is 32.3 Å². The molecule has 1 N–H and O–H groups in total. The van der Waals surface area contributed by atoms with Gasteiger partial charge >= 0.3 is 6.18 Å². The second kappa shape index (κ2) is 8.38. The van der Waals surface area contributed by atoms with E-state index >= 15 is 0 Å². The van der Waals surface area contributed by atoms with Crippen LogP contribution in [-0.2, 0) is 6.18 Å². The lowest BCUT2D eigenvalue weighted by Crippen LogP contribution is -2.25. The van der Waals surface area contributed by atoms with Crippen molar-refractivity contribution in [1.82, 2.24) is 0 Å². The summed E-state index contributed by atoms with van der Waals surface area (Å²) in [7, 11) is 0. The van der Waals surface area contributed by atoms with Gasteiger partial charge < -0.3 is 10.2 Å². The Bertz CT molecular complexity index is 775. The Morgan fingerprint density at radius 3 is 2.19 bits per heavy atom. The third kappa shape index (κ3) is 4.75. The van der Waals surface area contributed by atoms with Gasteiger partial charge in [0.15, 0.2) is 0 Å². The first-order valence-electron chi connectivity index (χ1n) is 7.91. The summed E-state index contributed by atoms with van der Waals surface area (Å²) in [4.78, 5) is 14.2. The molecule has 2 aromatic carbocycles. The number of nitrogens with one attached hydrogen (secondary N) is 1. The van der Waals surface area contributed by atoms with Crippen molar-refractivity contribution in [2.24, 2.45) is 0 Å². The van der Waals surface area contributed by atoms with E-state index in [-0.39, 0.29) is 5.69 Å². The molecule has 0 aliphatic carbocycles. The van der Waals surface area contributed by atoms with Crippen molar-refractivity contribution < 1.29 is 18.0 Å². The maximum absolute atomic E-state index is 13.1. The number of rotatable bonds is 7. The largest absolute Gasteiger partial charge is 0.416 e. The van der Waals surface area contributed by atoms with Crippen LogP contribution in [0.1, 0.15) is 15.9 Å². The van der Waals surface area contributed by atoms with Gasteiger partial charge in [-0.3, -0.25) is 4.79 Å². The first kappa shape index (κ1) is 19.3. The predicted octanol–water partition coefficient (Wildman–Crippen LogP) is 5.14.